The van der Waals surface area contributed by atoms with Crippen LogP contribution in [-0.2, 0) is 25.3 Å². The number of ether oxygens (including phenoxy) is 1. The second kappa shape index (κ2) is 16.4. The summed E-state index contributed by atoms with van der Waals surface area (Å²) in [5.41, 5.74) is 5.19. The molecule has 0 spiro atoms. The van der Waals surface area contributed by atoms with Crippen LogP contribution in [0.15, 0.2) is 138 Å². The topological polar surface area (TPSA) is 76.1 Å². The average molecular weight is 815 g/mol. The van der Waals surface area contributed by atoms with Gasteiger partial charge in [-0.15, -0.1) is 11.3 Å². The monoisotopic (exact) mass is 813 g/mol. The molecular weight excluding hydrogens is 766 g/mol. The second-order valence-corrected chi connectivity index (χ2v) is 22.1. The van der Waals surface area contributed by atoms with E-state index in [1.807, 2.05) is 53.9 Å². The van der Waals surface area contributed by atoms with Crippen molar-refractivity contribution in [3.05, 3.63) is 159 Å². The van der Waals surface area contributed by atoms with Gasteiger partial charge < -0.3 is 14.3 Å². The minimum atomic E-state index is -2.93. The lowest BCUT2D eigenvalue weighted by Crippen LogP contribution is -2.66. The summed E-state index contributed by atoms with van der Waals surface area (Å²) >= 11 is 8.18. The first-order chi connectivity index (χ1) is 27.5. The van der Waals surface area contributed by atoms with Gasteiger partial charge in [-0.25, -0.2) is 0 Å². The molecule has 0 radical (unpaired) electrons. The Morgan fingerprint density at radius 3 is 2.18 bits per heavy atom. The molecule has 2 aliphatic heterocycles. The van der Waals surface area contributed by atoms with Gasteiger partial charge in [0.2, 0.25) is 11.8 Å². The molecule has 1 aliphatic carbocycles. The fourth-order valence-corrected chi connectivity index (χ4v) is 14.9. The summed E-state index contributed by atoms with van der Waals surface area (Å²) in [7, 11) is -2.93. The number of hydrogen-bond acceptors (Lipinski definition) is 6. The number of nitrogens with zero attached hydrogens (tertiary/aromatic N) is 1. The van der Waals surface area contributed by atoms with E-state index in [4.69, 9.17) is 20.8 Å². The molecule has 5 aromatic rings. The maximum Gasteiger partial charge on any atom is 0.261 e. The normalized spacial score (nSPS) is 21.3. The molecule has 0 saturated carbocycles. The number of carbonyl (C=O) groups excluding carboxylic acids is 2. The Labute approximate surface area is 345 Å². The number of amides is 2. The van der Waals surface area contributed by atoms with Crippen LogP contribution in [0.3, 0.4) is 0 Å². The number of aromatic hydroxyl groups is 1. The van der Waals surface area contributed by atoms with Crippen LogP contribution >= 0.6 is 22.9 Å². The highest BCUT2D eigenvalue weighted by atomic mass is 35.5. The summed E-state index contributed by atoms with van der Waals surface area (Å²) in [6, 6.07) is 40.5. The molecule has 4 aromatic carbocycles. The van der Waals surface area contributed by atoms with E-state index >= 15 is 0 Å². The number of likely N-dealkylation sites (tertiary alicyclic amines) is 1. The lowest BCUT2D eigenvalue weighted by molar-refractivity contribution is -0.140. The predicted octanol–water partition coefficient (Wildman–Crippen LogP) is 9.52. The molecule has 8 rings (SSSR count). The molecule has 4 atom stereocenters. The van der Waals surface area contributed by atoms with Crippen molar-refractivity contribution in [2.75, 3.05) is 13.2 Å². The third-order valence-corrected chi connectivity index (χ3v) is 18.2. The second-order valence-electron chi connectivity index (χ2n) is 16.4. The third kappa shape index (κ3) is 7.62. The number of rotatable bonds is 12. The number of benzene rings is 4. The Morgan fingerprint density at radius 2 is 1.56 bits per heavy atom. The van der Waals surface area contributed by atoms with Crippen LogP contribution in [0.25, 0.3) is 11.6 Å². The number of phenolic OH excluding ortho intramolecular Hbond substituents is 1. The fourth-order valence-electron chi connectivity index (χ4n) is 9.40. The Balaban J connectivity index is 1.18. The van der Waals surface area contributed by atoms with E-state index in [1.54, 1.807) is 23.5 Å². The number of imide groups is 1. The van der Waals surface area contributed by atoms with Crippen LogP contribution in [0.2, 0.25) is 10.1 Å². The Kier molecular flexibility index (Phi) is 11.3. The van der Waals surface area contributed by atoms with E-state index in [9.17, 15) is 14.7 Å². The molecule has 2 amide bonds. The van der Waals surface area contributed by atoms with E-state index in [0.29, 0.717) is 44.0 Å². The molecule has 1 N–H and O–H groups in total. The van der Waals surface area contributed by atoms with Crippen molar-refractivity contribution >= 4 is 65.1 Å². The maximum absolute atomic E-state index is 14.3. The van der Waals surface area contributed by atoms with Gasteiger partial charge in [0.1, 0.15) is 5.75 Å². The highest BCUT2D eigenvalue weighted by Gasteiger charge is 2.58. The van der Waals surface area contributed by atoms with Crippen LogP contribution in [0.1, 0.15) is 56.0 Å². The van der Waals surface area contributed by atoms with Crippen molar-refractivity contribution in [3.63, 3.8) is 0 Å². The van der Waals surface area contributed by atoms with Crippen LogP contribution in [0.5, 0.6) is 5.75 Å². The Morgan fingerprint density at radius 1 is 0.895 bits per heavy atom. The van der Waals surface area contributed by atoms with E-state index in [2.05, 4.69) is 87.5 Å². The van der Waals surface area contributed by atoms with E-state index in [1.165, 1.54) is 15.3 Å². The number of carbonyl (C=O) groups is 2. The van der Waals surface area contributed by atoms with Gasteiger partial charge in [0.05, 0.1) is 42.7 Å². The zero-order valence-electron chi connectivity index (χ0n) is 32.6. The van der Waals surface area contributed by atoms with Crippen molar-refractivity contribution in [2.24, 2.45) is 17.8 Å². The largest absolute Gasteiger partial charge is 0.508 e. The van der Waals surface area contributed by atoms with Crippen LogP contribution in [0, 0.1) is 17.8 Å². The number of hydrogen-bond donors (Lipinski definition) is 1. The SMILES string of the molecule is CC(C)(C)[Si](OCC1=C2[C@@H](CC/C(=C/c3ccc(O)cc3Cl)c3ccccc3)OC[C@@H]2[C@@H]2C(=O)N(Cc3cccs3)C(=O)[C@@H]2C1)(c1ccccc1)c1ccccc1. The summed E-state index contributed by atoms with van der Waals surface area (Å²) < 4.78 is 14.3. The average Bonchev–Trinajstić information content (AvgIpc) is 3.95. The quantitative estimate of drug-likeness (QED) is 0.0588. The Hall–Kier alpha value is -4.57. The van der Waals surface area contributed by atoms with E-state index < -0.39 is 20.2 Å². The van der Waals surface area contributed by atoms with E-state index in [0.717, 1.165) is 32.7 Å². The van der Waals surface area contributed by atoms with Gasteiger partial charge in [-0.1, -0.05) is 129 Å². The molecule has 6 nitrogen and oxygen atoms in total. The summed E-state index contributed by atoms with van der Waals surface area (Å²) in [6.45, 7) is 7.85. The van der Waals surface area contributed by atoms with Crippen molar-refractivity contribution < 1.29 is 23.9 Å². The van der Waals surface area contributed by atoms with Gasteiger partial charge in [0.15, 0.2) is 0 Å². The molecule has 2 fully saturated rings. The van der Waals surface area contributed by atoms with Crippen LogP contribution in [-0.4, -0.2) is 49.5 Å². The van der Waals surface area contributed by atoms with Crippen LogP contribution < -0.4 is 10.4 Å². The van der Waals surface area contributed by atoms with Gasteiger partial charge in [-0.2, -0.15) is 0 Å². The van der Waals surface area contributed by atoms with Gasteiger partial charge in [0.25, 0.3) is 8.32 Å². The zero-order chi connectivity index (χ0) is 39.7. The maximum atomic E-state index is 14.3. The van der Waals surface area contributed by atoms with E-state index in [-0.39, 0.29) is 34.6 Å². The molecule has 3 aliphatic rings. The van der Waals surface area contributed by atoms with Crippen molar-refractivity contribution in [2.45, 2.75) is 57.7 Å². The van der Waals surface area contributed by atoms with Gasteiger partial charge in [0, 0.05) is 10.8 Å². The van der Waals surface area contributed by atoms with Crippen LogP contribution in [0.4, 0.5) is 0 Å². The molecule has 0 unspecified atom stereocenters. The number of allylic oxidation sites excluding steroid dienone is 1. The molecule has 292 valence electrons. The number of thiophene rings is 1. The molecule has 9 heteroatoms. The lowest BCUT2D eigenvalue weighted by atomic mass is 9.69. The summed E-state index contributed by atoms with van der Waals surface area (Å²) in [4.78, 5) is 31.1. The first-order valence-electron chi connectivity index (χ1n) is 19.8. The van der Waals surface area contributed by atoms with Crippen molar-refractivity contribution in [1.29, 1.82) is 0 Å². The molecule has 1 aromatic heterocycles. The van der Waals surface area contributed by atoms with Gasteiger partial charge in [-0.3, -0.25) is 14.5 Å². The van der Waals surface area contributed by atoms with Gasteiger partial charge >= 0.3 is 0 Å². The first kappa shape index (κ1) is 39.3. The molecule has 3 heterocycles. The minimum absolute atomic E-state index is 0.0936. The number of fused-ring (bicyclic) bond motifs is 3. The smallest absolute Gasteiger partial charge is 0.261 e. The molecule has 0 bridgehead atoms. The Bertz CT molecular complexity index is 2250. The summed E-state index contributed by atoms with van der Waals surface area (Å²) in [5, 5.41) is 14.6. The molecular formula is C48H48ClNO5SSi. The highest BCUT2D eigenvalue weighted by Crippen LogP contribution is 2.51. The molecule has 2 saturated heterocycles. The predicted molar refractivity (Wildman–Crippen MR) is 232 cm³/mol. The summed E-state index contributed by atoms with van der Waals surface area (Å²) in [5.74, 6) is -1.20. The zero-order valence-corrected chi connectivity index (χ0v) is 35.1. The fraction of sp³-hybridized carbons (Fsp3) is 0.292. The van der Waals surface area contributed by atoms with Crippen molar-refractivity contribution in [1.82, 2.24) is 4.90 Å². The summed E-state index contributed by atoms with van der Waals surface area (Å²) in [6.07, 6.45) is 3.64. The standard InChI is InChI=1S/C48H48ClNO5SSi/c1-48(2,3)57(38-17-9-5-10-18-38,39-19-11-6-12-20-39)55-30-35-27-40-45(47(53)50(46(40)52)29-37-16-13-25-56-37)41-31-54-43(44(35)41)24-22-33(32-14-7-4-8-15-32)26-34-21-23-36(51)28-42(34)49/h4-21,23,25-26,28,40-41,43,45,51H,22,24,27,29-31H2,1-3H3/b33-26-/t40-,41+,43-,45-/m1/s1. The first-order valence-corrected chi connectivity index (χ1v) is 22.9. The highest BCUT2D eigenvalue weighted by molar-refractivity contribution is 7.09. The lowest BCUT2D eigenvalue weighted by Gasteiger charge is -2.44. The number of phenols is 1. The van der Waals surface area contributed by atoms with Gasteiger partial charge in [-0.05, 0) is 98.2 Å². The minimum Gasteiger partial charge on any atom is -0.508 e. The van der Waals surface area contributed by atoms with Crippen molar-refractivity contribution in [3.8, 4) is 5.75 Å². The number of halogens is 1. The third-order valence-electron chi connectivity index (χ3n) is 12.0. The molecule has 57 heavy (non-hydrogen) atoms.